The van der Waals surface area contributed by atoms with Crippen LogP contribution in [0.5, 0.6) is 0 Å². The number of nitriles is 1. The van der Waals surface area contributed by atoms with Crippen LogP contribution in [0.4, 0.5) is 0 Å². The van der Waals surface area contributed by atoms with Crippen molar-refractivity contribution in [2.24, 2.45) is 0 Å². The third-order valence-electron chi connectivity index (χ3n) is 4.84. The molecule has 0 saturated heterocycles. The van der Waals surface area contributed by atoms with Crippen LogP contribution in [0.1, 0.15) is 41.8 Å². The first kappa shape index (κ1) is 14.6. The van der Waals surface area contributed by atoms with E-state index in [4.69, 9.17) is 5.26 Å². The molecule has 4 heteroatoms. The van der Waals surface area contributed by atoms with E-state index < -0.39 is 0 Å². The predicted molar refractivity (Wildman–Crippen MR) is 93.5 cm³/mol. The molecule has 0 unspecified atom stereocenters. The molecule has 1 aliphatic carbocycles. The number of pyridine rings is 1. The Morgan fingerprint density at radius 2 is 1.96 bits per heavy atom. The van der Waals surface area contributed by atoms with Gasteiger partial charge < -0.3 is 0 Å². The van der Waals surface area contributed by atoms with Gasteiger partial charge in [-0.05, 0) is 47.7 Å². The van der Waals surface area contributed by atoms with E-state index in [1.165, 1.54) is 27.8 Å². The number of nitrogens with one attached hydrogen (secondary N) is 1. The third kappa shape index (κ3) is 2.13. The van der Waals surface area contributed by atoms with Crippen LogP contribution in [-0.4, -0.2) is 15.2 Å². The van der Waals surface area contributed by atoms with Crippen molar-refractivity contribution in [1.29, 1.82) is 5.26 Å². The first-order valence-electron chi connectivity index (χ1n) is 8.34. The van der Waals surface area contributed by atoms with Crippen molar-refractivity contribution in [1.82, 2.24) is 15.2 Å². The monoisotopic (exact) mass is 314 g/mol. The molecule has 3 aromatic rings. The van der Waals surface area contributed by atoms with E-state index in [0.29, 0.717) is 5.69 Å². The van der Waals surface area contributed by atoms with E-state index in [1.54, 1.807) is 12.3 Å². The van der Waals surface area contributed by atoms with Crippen LogP contribution in [0.2, 0.25) is 0 Å². The Morgan fingerprint density at radius 3 is 2.62 bits per heavy atom. The Hall–Kier alpha value is -2.93. The summed E-state index contributed by atoms with van der Waals surface area (Å²) in [6.07, 6.45) is 4.74. The molecule has 24 heavy (non-hydrogen) atoms. The average molecular weight is 314 g/mol. The van der Waals surface area contributed by atoms with Crippen molar-refractivity contribution in [2.75, 3.05) is 0 Å². The number of aromatic amines is 1. The van der Waals surface area contributed by atoms with Gasteiger partial charge in [-0.15, -0.1) is 0 Å². The molecule has 0 radical (unpaired) electrons. The van der Waals surface area contributed by atoms with Crippen LogP contribution in [0.3, 0.4) is 0 Å². The molecule has 0 saturated carbocycles. The number of aromatic nitrogens is 3. The summed E-state index contributed by atoms with van der Waals surface area (Å²) in [5, 5.41) is 16.6. The van der Waals surface area contributed by atoms with Gasteiger partial charge in [0, 0.05) is 29.3 Å². The van der Waals surface area contributed by atoms with Crippen LogP contribution in [-0.2, 0) is 19.3 Å². The van der Waals surface area contributed by atoms with E-state index in [0.717, 1.165) is 36.2 Å². The first-order valence-corrected chi connectivity index (χ1v) is 8.34. The Bertz CT molecular complexity index is 959. The van der Waals surface area contributed by atoms with Crippen molar-refractivity contribution >= 4 is 0 Å². The van der Waals surface area contributed by atoms with Crippen LogP contribution in [0.15, 0.2) is 30.5 Å². The molecule has 4 nitrogen and oxygen atoms in total. The van der Waals surface area contributed by atoms with Gasteiger partial charge in [0.2, 0.25) is 0 Å². The second-order valence-electron chi connectivity index (χ2n) is 6.13. The molecule has 2 aromatic heterocycles. The zero-order valence-corrected chi connectivity index (χ0v) is 13.8. The van der Waals surface area contributed by atoms with Crippen molar-refractivity contribution < 1.29 is 0 Å². The zero-order valence-electron chi connectivity index (χ0n) is 13.8. The summed E-state index contributed by atoms with van der Waals surface area (Å²) in [7, 11) is 0. The highest BCUT2D eigenvalue weighted by molar-refractivity contribution is 5.81. The van der Waals surface area contributed by atoms with Gasteiger partial charge in [0.05, 0.1) is 11.4 Å². The van der Waals surface area contributed by atoms with Gasteiger partial charge >= 0.3 is 0 Å². The summed E-state index contributed by atoms with van der Waals surface area (Å²) in [6, 6.07) is 10.4. The maximum Gasteiger partial charge on any atom is 0.140 e. The van der Waals surface area contributed by atoms with Crippen molar-refractivity contribution in [3.8, 4) is 28.6 Å². The maximum atomic E-state index is 8.90. The number of hydrogen-bond acceptors (Lipinski definition) is 3. The third-order valence-corrected chi connectivity index (χ3v) is 4.84. The lowest BCUT2D eigenvalue weighted by Crippen LogP contribution is -1.95. The minimum absolute atomic E-state index is 0.425. The second-order valence-corrected chi connectivity index (χ2v) is 6.13. The molecule has 0 aliphatic heterocycles. The molecular formula is C20H18N4. The number of hydrogen-bond donors (Lipinski definition) is 1. The number of H-pyrrole nitrogens is 1. The molecule has 0 atom stereocenters. The van der Waals surface area contributed by atoms with Crippen molar-refractivity contribution in [3.05, 3.63) is 58.4 Å². The fourth-order valence-corrected chi connectivity index (χ4v) is 3.57. The standard InChI is InChI=1S/C20H18N4/c1-3-12-7-15-9-18-19(14-5-6-16(10-21)22-11-14)23-24-20(18)17(15)8-13(12)4-2/h5-8,11H,3-4,9H2,1-2H3,(H,23,24). The lowest BCUT2D eigenvalue weighted by molar-refractivity contribution is 1.03. The van der Waals surface area contributed by atoms with Crippen LogP contribution in [0.25, 0.3) is 22.5 Å². The second kappa shape index (κ2) is 5.61. The van der Waals surface area contributed by atoms with Gasteiger partial charge in [-0.25, -0.2) is 4.98 Å². The highest BCUT2D eigenvalue weighted by Gasteiger charge is 2.26. The number of benzene rings is 1. The fraction of sp³-hybridized carbons (Fsp3) is 0.250. The highest BCUT2D eigenvalue weighted by atomic mass is 15.1. The van der Waals surface area contributed by atoms with Gasteiger partial charge in [0.25, 0.3) is 0 Å². The smallest absolute Gasteiger partial charge is 0.140 e. The summed E-state index contributed by atoms with van der Waals surface area (Å²) in [6.45, 7) is 4.42. The average Bonchev–Trinajstić information content (AvgIpc) is 3.19. The number of fused-ring (bicyclic) bond motifs is 3. The maximum absolute atomic E-state index is 8.90. The lowest BCUT2D eigenvalue weighted by Gasteiger charge is -2.09. The quantitative estimate of drug-likeness (QED) is 0.620. The molecule has 1 aliphatic rings. The van der Waals surface area contributed by atoms with E-state index in [2.05, 4.69) is 47.2 Å². The zero-order chi connectivity index (χ0) is 16.7. The van der Waals surface area contributed by atoms with Gasteiger partial charge in [-0.1, -0.05) is 19.9 Å². The molecule has 4 rings (SSSR count). The minimum atomic E-state index is 0.425. The molecule has 2 heterocycles. The van der Waals surface area contributed by atoms with Crippen molar-refractivity contribution in [3.63, 3.8) is 0 Å². The molecule has 1 N–H and O–H groups in total. The minimum Gasteiger partial charge on any atom is -0.277 e. The molecular weight excluding hydrogens is 296 g/mol. The van der Waals surface area contributed by atoms with Crippen LogP contribution < -0.4 is 0 Å². The van der Waals surface area contributed by atoms with E-state index in [9.17, 15) is 0 Å². The molecule has 0 spiro atoms. The predicted octanol–water partition coefficient (Wildman–Crippen LogP) is 4.04. The number of nitrogens with zero attached hydrogens (tertiary/aromatic N) is 3. The lowest BCUT2D eigenvalue weighted by atomic mass is 9.96. The van der Waals surface area contributed by atoms with Crippen LogP contribution in [0, 0.1) is 11.3 Å². The normalized spacial score (nSPS) is 11.9. The van der Waals surface area contributed by atoms with Gasteiger partial charge in [-0.2, -0.15) is 10.4 Å². The molecule has 0 bridgehead atoms. The Labute approximate surface area is 141 Å². The topological polar surface area (TPSA) is 65.4 Å². The number of aryl methyl sites for hydroxylation is 2. The molecule has 0 amide bonds. The van der Waals surface area contributed by atoms with Gasteiger partial charge in [0.1, 0.15) is 11.8 Å². The van der Waals surface area contributed by atoms with E-state index >= 15 is 0 Å². The Morgan fingerprint density at radius 1 is 1.17 bits per heavy atom. The largest absolute Gasteiger partial charge is 0.277 e. The summed E-state index contributed by atoms with van der Waals surface area (Å²) < 4.78 is 0. The van der Waals surface area contributed by atoms with E-state index in [1.807, 2.05) is 6.07 Å². The van der Waals surface area contributed by atoms with Crippen molar-refractivity contribution in [2.45, 2.75) is 33.1 Å². The highest BCUT2D eigenvalue weighted by Crippen LogP contribution is 2.41. The van der Waals surface area contributed by atoms with E-state index in [-0.39, 0.29) is 0 Å². The molecule has 1 aromatic carbocycles. The summed E-state index contributed by atoms with van der Waals surface area (Å²) in [5.41, 5.74) is 10.2. The Kier molecular flexibility index (Phi) is 3.42. The first-order chi connectivity index (χ1) is 11.7. The van der Waals surface area contributed by atoms with Gasteiger partial charge in [0.15, 0.2) is 0 Å². The fourth-order valence-electron chi connectivity index (χ4n) is 3.57. The van der Waals surface area contributed by atoms with Crippen LogP contribution >= 0.6 is 0 Å². The Balaban J connectivity index is 1.80. The SMILES string of the molecule is CCc1cc2c(cc1CC)-c1[nH]nc(-c3ccc(C#N)nc3)c1C2. The summed E-state index contributed by atoms with van der Waals surface area (Å²) in [5.74, 6) is 0. The van der Waals surface area contributed by atoms with Gasteiger partial charge in [-0.3, -0.25) is 5.10 Å². The molecule has 118 valence electrons. The molecule has 0 fully saturated rings. The summed E-state index contributed by atoms with van der Waals surface area (Å²) in [4.78, 5) is 4.17. The number of rotatable bonds is 3. The summed E-state index contributed by atoms with van der Waals surface area (Å²) >= 11 is 0.